The van der Waals surface area contributed by atoms with Gasteiger partial charge < -0.3 is 9.64 Å². The Morgan fingerprint density at radius 1 is 0.938 bits per heavy atom. The van der Waals surface area contributed by atoms with Gasteiger partial charge in [0.05, 0.1) is 0 Å². The second-order valence-electron chi connectivity index (χ2n) is 10.8. The highest BCUT2D eigenvalue weighted by Crippen LogP contribution is 2.54. The maximum absolute atomic E-state index is 13.5. The predicted molar refractivity (Wildman–Crippen MR) is 126 cm³/mol. The number of hydrogen-bond donors (Lipinski definition) is 0. The van der Waals surface area contributed by atoms with Crippen LogP contribution < -0.4 is 4.74 Å². The topological polar surface area (TPSA) is 46.6 Å². The summed E-state index contributed by atoms with van der Waals surface area (Å²) < 4.78 is 5.54. The minimum absolute atomic E-state index is 0.0902. The first kappa shape index (κ1) is 22.4. The molecular formula is C28H33NO3. The SMILES string of the molecule is C#CCOc1ccc(C2C3=C(CC(C)(C)CC3=O)N(CC)C3=C2C(=O)CC(C)(C)C3)cc1. The molecule has 0 spiro atoms. The summed E-state index contributed by atoms with van der Waals surface area (Å²) >= 11 is 0. The fourth-order valence-electron chi connectivity index (χ4n) is 5.64. The monoisotopic (exact) mass is 431 g/mol. The van der Waals surface area contributed by atoms with E-state index in [0.29, 0.717) is 18.6 Å². The van der Waals surface area contributed by atoms with Crippen molar-refractivity contribution in [1.29, 1.82) is 0 Å². The van der Waals surface area contributed by atoms with E-state index in [1.54, 1.807) is 0 Å². The Morgan fingerprint density at radius 3 is 1.88 bits per heavy atom. The van der Waals surface area contributed by atoms with E-state index in [9.17, 15) is 9.59 Å². The van der Waals surface area contributed by atoms with Gasteiger partial charge in [0.25, 0.3) is 0 Å². The number of hydrogen-bond acceptors (Lipinski definition) is 4. The van der Waals surface area contributed by atoms with Gasteiger partial charge in [0.1, 0.15) is 12.4 Å². The van der Waals surface area contributed by atoms with Gasteiger partial charge in [-0.1, -0.05) is 45.7 Å². The van der Waals surface area contributed by atoms with Gasteiger partial charge in [0.2, 0.25) is 0 Å². The molecule has 3 aliphatic rings. The molecule has 0 amide bonds. The average molecular weight is 432 g/mol. The molecule has 4 rings (SSSR count). The highest BCUT2D eigenvalue weighted by Gasteiger charge is 2.48. The van der Waals surface area contributed by atoms with Gasteiger partial charge in [-0.2, -0.15) is 0 Å². The van der Waals surface area contributed by atoms with Gasteiger partial charge in [-0.05, 0) is 48.3 Å². The first-order valence-electron chi connectivity index (χ1n) is 11.5. The van der Waals surface area contributed by atoms with Crippen LogP contribution in [0.4, 0.5) is 0 Å². The van der Waals surface area contributed by atoms with Crippen molar-refractivity contribution in [2.24, 2.45) is 10.8 Å². The molecule has 0 saturated heterocycles. The molecule has 0 bridgehead atoms. The molecule has 4 nitrogen and oxygen atoms in total. The quantitative estimate of drug-likeness (QED) is 0.599. The zero-order chi connectivity index (χ0) is 23.3. The molecule has 0 N–H and O–H groups in total. The third-order valence-electron chi connectivity index (χ3n) is 6.87. The number of ether oxygens (including phenoxy) is 1. The molecule has 32 heavy (non-hydrogen) atoms. The Kier molecular flexibility index (Phi) is 5.57. The number of carbonyl (C=O) groups excluding carboxylic acids is 2. The van der Waals surface area contributed by atoms with E-state index in [1.807, 2.05) is 24.3 Å². The lowest BCUT2D eigenvalue weighted by molar-refractivity contribution is -0.119. The highest BCUT2D eigenvalue weighted by atomic mass is 16.5. The largest absolute Gasteiger partial charge is 0.481 e. The van der Waals surface area contributed by atoms with Crippen molar-refractivity contribution in [3.8, 4) is 18.1 Å². The van der Waals surface area contributed by atoms with Gasteiger partial charge in [0, 0.05) is 47.8 Å². The lowest BCUT2D eigenvalue weighted by atomic mass is 9.63. The minimum Gasteiger partial charge on any atom is -0.481 e. The molecule has 0 radical (unpaired) electrons. The van der Waals surface area contributed by atoms with Crippen molar-refractivity contribution in [3.63, 3.8) is 0 Å². The maximum Gasteiger partial charge on any atom is 0.162 e. The lowest BCUT2D eigenvalue weighted by Crippen LogP contribution is -2.44. The van der Waals surface area contributed by atoms with Crippen LogP contribution in [-0.2, 0) is 9.59 Å². The van der Waals surface area contributed by atoms with Gasteiger partial charge in [-0.3, -0.25) is 9.59 Å². The van der Waals surface area contributed by atoms with Crippen molar-refractivity contribution < 1.29 is 14.3 Å². The lowest BCUT2D eigenvalue weighted by Gasteiger charge is -2.48. The molecule has 1 aliphatic heterocycles. The van der Waals surface area contributed by atoms with Crippen molar-refractivity contribution in [2.45, 2.75) is 66.2 Å². The summed E-state index contributed by atoms with van der Waals surface area (Å²) in [5, 5.41) is 0. The fraction of sp³-hybridized carbons (Fsp3) is 0.500. The Hall–Kier alpha value is -2.80. The number of nitrogens with zero attached hydrogens (tertiary/aromatic N) is 1. The van der Waals surface area contributed by atoms with Crippen molar-refractivity contribution in [3.05, 3.63) is 52.4 Å². The maximum atomic E-state index is 13.5. The number of Topliss-reactive ketones (excluding diaryl/α,β-unsaturated/α-hetero) is 2. The van der Waals surface area contributed by atoms with E-state index < -0.39 is 0 Å². The molecule has 0 atom stereocenters. The number of terminal acetylenes is 1. The summed E-state index contributed by atoms with van der Waals surface area (Å²) in [5.41, 5.74) is 4.63. The zero-order valence-electron chi connectivity index (χ0n) is 19.9. The Morgan fingerprint density at radius 2 is 1.44 bits per heavy atom. The van der Waals surface area contributed by atoms with Crippen LogP contribution in [0.2, 0.25) is 0 Å². The van der Waals surface area contributed by atoms with E-state index in [0.717, 1.165) is 47.5 Å². The second kappa shape index (κ2) is 7.96. The Labute approximate surface area is 191 Å². The molecule has 1 heterocycles. The summed E-state index contributed by atoms with van der Waals surface area (Å²) in [6.45, 7) is 11.7. The molecule has 1 aromatic rings. The molecule has 0 aromatic heterocycles. The van der Waals surface area contributed by atoms with Crippen LogP contribution in [0.15, 0.2) is 46.8 Å². The van der Waals surface area contributed by atoms with E-state index in [1.165, 1.54) is 0 Å². The smallest absolute Gasteiger partial charge is 0.162 e. The van der Waals surface area contributed by atoms with Crippen LogP contribution in [0.3, 0.4) is 0 Å². The first-order valence-corrected chi connectivity index (χ1v) is 11.5. The molecule has 168 valence electrons. The number of allylic oxidation sites excluding steroid dienone is 4. The van der Waals surface area contributed by atoms with Crippen LogP contribution in [0.5, 0.6) is 5.75 Å². The summed E-state index contributed by atoms with van der Waals surface area (Å²) in [6.07, 6.45) is 8.00. The zero-order valence-corrected chi connectivity index (χ0v) is 19.9. The van der Waals surface area contributed by atoms with Crippen LogP contribution in [-0.4, -0.2) is 29.6 Å². The second-order valence-corrected chi connectivity index (χ2v) is 10.8. The molecular weight excluding hydrogens is 398 g/mol. The molecule has 0 saturated carbocycles. The predicted octanol–water partition coefficient (Wildman–Crippen LogP) is 5.40. The molecule has 0 unspecified atom stereocenters. The standard InChI is InChI=1S/C28H33NO3/c1-7-13-32-19-11-9-18(10-12-19)24-25-20(14-27(3,4)16-22(25)30)29(8-2)21-15-28(5,6)17-23(31)26(21)24/h1,9-12,24H,8,13-17H2,2-6H3. The van der Waals surface area contributed by atoms with Gasteiger partial charge in [0.15, 0.2) is 11.6 Å². The van der Waals surface area contributed by atoms with Gasteiger partial charge in [-0.15, -0.1) is 6.42 Å². The molecule has 2 aliphatic carbocycles. The average Bonchev–Trinajstić information content (AvgIpc) is 2.69. The minimum atomic E-state index is -0.309. The van der Waals surface area contributed by atoms with Crippen molar-refractivity contribution >= 4 is 11.6 Å². The van der Waals surface area contributed by atoms with Gasteiger partial charge in [-0.25, -0.2) is 0 Å². The third-order valence-corrected chi connectivity index (χ3v) is 6.87. The summed E-state index contributed by atoms with van der Waals surface area (Å²) in [5.74, 6) is 3.18. The first-order chi connectivity index (χ1) is 15.1. The third kappa shape index (κ3) is 3.90. The highest BCUT2D eigenvalue weighted by molar-refractivity contribution is 6.06. The summed E-state index contributed by atoms with van der Waals surface area (Å²) in [7, 11) is 0. The van der Waals surface area contributed by atoms with Crippen LogP contribution in [0.25, 0.3) is 0 Å². The van der Waals surface area contributed by atoms with Crippen LogP contribution in [0, 0.1) is 23.2 Å². The van der Waals surface area contributed by atoms with E-state index in [-0.39, 0.29) is 34.9 Å². The number of carbonyl (C=O) groups is 2. The van der Waals surface area contributed by atoms with Gasteiger partial charge >= 0.3 is 0 Å². The fourth-order valence-corrected chi connectivity index (χ4v) is 5.64. The molecule has 1 aromatic carbocycles. The number of ketones is 2. The normalized spacial score (nSPS) is 22.4. The van der Waals surface area contributed by atoms with Crippen molar-refractivity contribution in [1.82, 2.24) is 4.90 Å². The summed E-state index contributed by atoms with van der Waals surface area (Å²) in [6, 6.07) is 7.72. The van der Waals surface area contributed by atoms with Crippen LogP contribution >= 0.6 is 0 Å². The Balaban J connectivity index is 1.90. The number of benzene rings is 1. The van der Waals surface area contributed by atoms with E-state index >= 15 is 0 Å². The molecule has 4 heteroatoms. The molecule has 0 fully saturated rings. The van der Waals surface area contributed by atoms with Crippen molar-refractivity contribution in [2.75, 3.05) is 13.2 Å². The Bertz CT molecular complexity index is 1010. The van der Waals surface area contributed by atoms with Crippen LogP contribution in [0.1, 0.15) is 71.8 Å². The van der Waals surface area contributed by atoms with E-state index in [4.69, 9.17) is 11.2 Å². The van der Waals surface area contributed by atoms with E-state index in [2.05, 4.69) is 45.4 Å². The summed E-state index contributed by atoms with van der Waals surface area (Å²) in [4.78, 5) is 29.4. The number of rotatable bonds is 4.